The molecule has 0 amide bonds. The first-order chi connectivity index (χ1) is 4.52. The fourth-order valence-electron chi connectivity index (χ4n) is 1.02. The van der Waals surface area contributed by atoms with E-state index >= 15 is 0 Å². The number of hydrogen-bond donors (Lipinski definition) is 2. The SMILES string of the molecule is CC(N)CN(C)C[C@H](C)O. The van der Waals surface area contributed by atoms with Crippen LogP contribution in [0.25, 0.3) is 0 Å². The molecule has 0 aromatic heterocycles. The monoisotopic (exact) mass is 146 g/mol. The second kappa shape index (κ2) is 4.66. The van der Waals surface area contributed by atoms with Crippen molar-refractivity contribution < 1.29 is 5.11 Å². The van der Waals surface area contributed by atoms with Gasteiger partial charge in [0.25, 0.3) is 0 Å². The summed E-state index contributed by atoms with van der Waals surface area (Å²) in [7, 11) is 1.95. The zero-order valence-electron chi connectivity index (χ0n) is 7.04. The van der Waals surface area contributed by atoms with E-state index in [1.807, 2.05) is 18.9 Å². The van der Waals surface area contributed by atoms with E-state index in [0.29, 0.717) is 6.54 Å². The Bertz CT molecular complexity index is 73.7. The van der Waals surface area contributed by atoms with Crippen LogP contribution in [-0.2, 0) is 0 Å². The topological polar surface area (TPSA) is 49.5 Å². The molecule has 62 valence electrons. The molecular weight excluding hydrogens is 128 g/mol. The van der Waals surface area contributed by atoms with Gasteiger partial charge in [0.1, 0.15) is 0 Å². The Kier molecular flexibility index (Phi) is 4.60. The van der Waals surface area contributed by atoms with Crippen molar-refractivity contribution in [2.24, 2.45) is 5.73 Å². The highest BCUT2D eigenvalue weighted by molar-refractivity contribution is 4.61. The van der Waals surface area contributed by atoms with Crippen molar-refractivity contribution in [3.63, 3.8) is 0 Å². The molecule has 3 nitrogen and oxygen atoms in total. The molecule has 0 radical (unpaired) electrons. The number of likely N-dealkylation sites (N-methyl/N-ethyl adjacent to an activating group) is 1. The molecule has 0 aromatic carbocycles. The third-order valence-electron chi connectivity index (χ3n) is 1.18. The zero-order valence-corrected chi connectivity index (χ0v) is 7.04. The summed E-state index contributed by atoms with van der Waals surface area (Å²) in [5, 5.41) is 8.95. The lowest BCUT2D eigenvalue weighted by molar-refractivity contribution is 0.139. The van der Waals surface area contributed by atoms with Crippen LogP contribution in [0.5, 0.6) is 0 Å². The minimum Gasteiger partial charge on any atom is -0.392 e. The zero-order chi connectivity index (χ0) is 8.15. The third-order valence-corrected chi connectivity index (χ3v) is 1.18. The maximum Gasteiger partial charge on any atom is 0.0638 e. The van der Waals surface area contributed by atoms with Gasteiger partial charge >= 0.3 is 0 Å². The van der Waals surface area contributed by atoms with Crippen molar-refractivity contribution in [1.29, 1.82) is 0 Å². The first-order valence-electron chi connectivity index (χ1n) is 3.64. The Morgan fingerprint density at radius 1 is 1.40 bits per heavy atom. The van der Waals surface area contributed by atoms with Crippen molar-refractivity contribution >= 4 is 0 Å². The van der Waals surface area contributed by atoms with E-state index in [1.165, 1.54) is 0 Å². The fraction of sp³-hybridized carbons (Fsp3) is 1.00. The summed E-state index contributed by atoms with van der Waals surface area (Å²) in [6, 6.07) is 0.184. The summed E-state index contributed by atoms with van der Waals surface area (Å²) >= 11 is 0. The lowest BCUT2D eigenvalue weighted by atomic mass is 10.3. The van der Waals surface area contributed by atoms with Gasteiger partial charge in [0.15, 0.2) is 0 Å². The lowest BCUT2D eigenvalue weighted by Crippen LogP contribution is -2.36. The second-order valence-electron chi connectivity index (χ2n) is 3.05. The van der Waals surface area contributed by atoms with E-state index in [1.54, 1.807) is 6.92 Å². The minimum absolute atomic E-state index is 0.184. The molecular formula is C7H18N2O. The van der Waals surface area contributed by atoms with Gasteiger partial charge in [-0.25, -0.2) is 0 Å². The van der Waals surface area contributed by atoms with E-state index in [0.717, 1.165) is 6.54 Å². The molecule has 0 aromatic rings. The number of rotatable bonds is 4. The molecule has 0 saturated carbocycles. The summed E-state index contributed by atoms with van der Waals surface area (Å²) in [6.07, 6.45) is -0.260. The molecule has 10 heavy (non-hydrogen) atoms. The minimum atomic E-state index is -0.260. The Labute approximate surface area is 62.8 Å². The summed E-state index contributed by atoms with van der Waals surface area (Å²) in [4.78, 5) is 2.02. The van der Waals surface area contributed by atoms with Gasteiger partial charge in [0.05, 0.1) is 6.10 Å². The summed E-state index contributed by atoms with van der Waals surface area (Å²) in [5.41, 5.74) is 5.55. The van der Waals surface area contributed by atoms with Gasteiger partial charge in [-0.2, -0.15) is 0 Å². The lowest BCUT2D eigenvalue weighted by Gasteiger charge is -2.19. The maximum absolute atomic E-state index is 8.95. The van der Waals surface area contributed by atoms with Gasteiger partial charge in [-0.05, 0) is 20.9 Å². The van der Waals surface area contributed by atoms with Gasteiger partial charge < -0.3 is 15.7 Å². The van der Waals surface area contributed by atoms with E-state index in [9.17, 15) is 0 Å². The molecule has 0 heterocycles. The molecule has 0 spiro atoms. The van der Waals surface area contributed by atoms with E-state index in [4.69, 9.17) is 10.8 Å². The van der Waals surface area contributed by atoms with Gasteiger partial charge in [-0.1, -0.05) is 0 Å². The van der Waals surface area contributed by atoms with Gasteiger partial charge in [0, 0.05) is 19.1 Å². The molecule has 0 saturated heterocycles. The first kappa shape index (κ1) is 9.88. The van der Waals surface area contributed by atoms with Crippen LogP contribution in [0.3, 0.4) is 0 Å². The van der Waals surface area contributed by atoms with Crippen LogP contribution in [0, 0.1) is 0 Å². The number of nitrogens with zero attached hydrogens (tertiary/aromatic N) is 1. The average Bonchev–Trinajstić information content (AvgIpc) is 1.58. The molecule has 1 unspecified atom stereocenters. The third kappa shape index (κ3) is 6.01. The van der Waals surface area contributed by atoms with Crippen molar-refractivity contribution in [3.8, 4) is 0 Å². The van der Waals surface area contributed by atoms with Crippen molar-refractivity contribution in [3.05, 3.63) is 0 Å². The fourth-order valence-corrected chi connectivity index (χ4v) is 1.02. The molecule has 3 N–H and O–H groups in total. The van der Waals surface area contributed by atoms with E-state index in [-0.39, 0.29) is 12.1 Å². The molecule has 0 aliphatic carbocycles. The van der Waals surface area contributed by atoms with Gasteiger partial charge in [-0.3, -0.25) is 0 Å². The molecule has 0 aliphatic rings. The average molecular weight is 146 g/mol. The maximum atomic E-state index is 8.95. The summed E-state index contributed by atoms with van der Waals surface area (Å²) in [5.74, 6) is 0. The van der Waals surface area contributed by atoms with E-state index in [2.05, 4.69) is 0 Å². The van der Waals surface area contributed by atoms with Crippen LogP contribution in [0.15, 0.2) is 0 Å². The van der Waals surface area contributed by atoms with Crippen LogP contribution < -0.4 is 5.73 Å². The van der Waals surface area contributed by atoms with Crippen LogP contribution in [0.4, 0.5) is 0 Å². The number of aliphatic hydroxyl groups excluding tert-OH is 1. The Balaban J connectivity index is 3.34. The van der Waals surface area contributed by atoms with Crippen molar-refractivity contribution in [1.82, 2.24) is 4.90 Å². The first-order valence-corrected chi connectivity index (χ1v) is 3.64. The number of hydrogen-bond acceptors (Lipinski definition) is 3. The van der Waals surface area contributed by atoms with Gasteiger partial charge in [-0.15, -0.1) is 0 Å². The number of aliphatic hydroxyl groups is 1. The Morgan fingerprint density at radius 3 is 2.20 bits per heavy atom. The van der Waals surface area contributed by atoms with Crippen LogP contribution in [0.2, 0.25) is 0 Å². The molecule has 2 atom stereocenters. The normalized spacial score (nSPS) is 17.4. The summed E-state index contributed by atoms with van der Waals surface area (Å²) in [6.45, 7) is 5.27. The van der Waals surface area contributed by atoms with Crippen molar-refractivity contribution in [2.45, 2.75) is 26.0 Å². The quantitative estimate of drug-likeness (QED) is 0.570. The molecule has 3 heteroatoms. The molecule has 0 rings (SSSR count). The molecule has 0 aliphatic heterocycles. The van der Waals surface area contributed by atoms with Crippen LogP contribution in [0.1, 0.15) is 13.8 Å². The highest BCUT2D eigenvalue weighted by Crippen LogP contribution is 1.88. The van der Waals surface area contributed by atoms with E-state index < -0.39 is 0 Å². The second-order valence-corrected chi connectivity index (χ2v) is 3.05. The van der Waals surface area contributed by atoms with Crippen LogP contribution in [-0.4, -0.2) is 42.3 Å². The van der Waals surface area contributed by atoms with Crippen LogP contribution >= 0.6 is 0 Å². The molecule has 0 bridgehead atoms. The largest absolute Gasteiger partial charge is 0.392 e. The predicted octanol–water partition coefficient (Wildman–Crippen LogP) is -0.354. The van der Waals surface area contributed by atoms with Crippen molar-refractivity contribution in [2.75, 3.05) is 20.1 Å². The highest BCUT2D eigenvalue weighted by atomic mass is 16.3. The Morgan fingerprint density at radius 2 is 1.90 bits per heavy atom. The Hall–Kier alpha value is -0.120. The van der Waals surface area contributed by atoms with Gasteiger partial charge in [0.2, 0.25) is 0 Å². The smallest absolute Gasteiger partial charge is 0.0638 e. The highest BCUT2D eigenvalue weighted by Gasteiger charge is 2.03. The molecule has 0 fully saturated rings. The number of nitrogens with two attached hydrogens (primary N) is 1. The standard InChI is InChI=1S/C7H18N2O/c1-6(8)4-9(3)5-7(2)10/h6-7,10H,4-5,8H2,1-3H3/t6?,7-/m0/s1. The predicted molar refractivity (Wildman–Crippen MR) is 42.8 cm³/mol. The summed E-state index contributed by atoms with van der Waals surface area (Å²) < 4.78 is 0.